The molecule has 0 fully saturated rings. The maximum absolute atomic E-state index is 12.3. The number of hydrogen-bond acceptors (Lipinski definition) is 7. The molecule has 0 radical (unpaired) electrons. The molecule has 0 aliphatic heterocycles. The highest BCUT2D eigenvalue weighted by Gasteiger charge is 2.24. The van der Waals surface area contributed by atoms with Crippen LogP contribution in [0.25, 0.3) is 0 Å². The van der Waals surface area contributed by atoms with E-state index in [1.54, 1.807) is 59.0 Å². The molecule has 2 rings (SSSR count). The molecule has 0 spiro atoms. The van der Waals surface area contributed by atoms with Crippen molar-refractivity contribution in [3.63, 3.8) is 0 Å². The number of aliphatic hydroxyl groups excluding tert-OH is 2. The second-order valence-electron chi connectivity index (χ2n) is 7.55. The van der Waals surface area contributed by atoms with Crippen LogP contribution in [-0.4, -0.2) is 71.8 Å². The summed E-state index contributed by atoms with van der Waals surface area (Å²) in [5.74, 6) is 0. The Labute approximate surface area is 230 Å². The van der Waals surface area contributed by atoms with Crippen molar-refractivity contribution in [2.75, 3.05) is 40.4 Å². The van der Waals surface area contributed by atoms with Crippen LogP contribution in [0.2, 0.25) is 0 Å². The maximum Gasteiger partial charge on any atom is 0.261 e. The van der Waals surface area contributed by atoms with E-state index in [0.717, 1.165) is 13.3 Å². The molecule has 0 aliphatic rings. The maximum atomic E-state index is 12.3. The van der Waals surface area contributed by atoms with Crippen molar-refractivity contribution in [3.05, 3.63) is 55.5 Å². The van der Waals surface area contributed by atoms with Crippen molar-refractivity contribution >= 4 is 61.6 Å². The van der Waals surface area contributed by atoms with Gasteiger partial charge in [0.25, 0.3) is 9.05 Å². The molecule has 0 aliphatic carbocycles. The van der Waals surface area contributed by atoms with Crippen molar-refractivity contribution in [1.82, 2.24) is 9.62 Å². The first-order valence-electron chi connectivity index (χ1n) is 10.3. The van der Waals surface area contributed by atoms with Gasteiger partial charge in [0, 0.05) is 39.8 Å². The van der Waals surface area contributed by atoms with Crippen LogP contribution in [0, 0.1) is 27.7 Å². The fraction of sp³-hybridized carbons (Fsp3) is 0.455. The van der Waals surface area contributed by atoms with Crippen molar-refractivity contribution in [2.45, 2.75) is 37.5 Å². The van der Waals surface area contributed by atoms with E-state index in [1.807, 2.05) is 0 Å². The molecule has 0 amide bonds. The Bertz CT molecular complexity index is 1140. The summed E-state index contributed by atoms with van der Waals surface area (Å²) in [6.45, 7) is 7.78. The number of hydrogen-bond donors (Lipinski definition) is 3. The highest BCUT2D eigenvalue weighted by molar-refractivity contribution is 9.10. The number of benzene rings is 2. The van der Waals surface area contributed by atoms with Crippen LogP contribution in [0.3, 0.4) is 0 Å². The molecule has 0 saturated heterocycles. The lowest BCUT2D eigenvalue weighted by atomic mass is 10.2. The standard InChI is InChI=1S/C11H16BrNO3S.C8H8BrClO2S.C3H9NO/c1-8-6-10(12)7-9(2)11(8)17(15,16)13(3)4-5-14;1-5-3-7(9)4-6(2)8(5)13(10,11)12;1-4-2-3-5/h6-7,14H,4-5H2,1-3H3;3-4H,1-2H3;4-5H,2-3H2,1H3. The van der Waals surface area contributed by atoms with Crippen molar-refractivity contribution in [2.24, 2.45) is 0 Å². The zero-order valence-electron chi connectivity index (χ0n) is 20.6. The first-order valence-corrected chi connectivity index (χ1v) is 15.7. The fourth-order valence-electron chi connectivity index (χ4n) is 3.11. The minimum absolute atomic E-state index is 0.0945. The van der Waals surface area contributed by atoms with E-state index in [4.69, 9.17) is 20.9 Å². The lowest BCUT2D eigenvalue weighted by molar-refractivity contribution is 0.266. The molecule has 35 heavy (non-hydrogen) atoms. The summed E-state index contributed by atoms with van der Waals surface area (Å²) in [5.41, 5.74) is 2.70. The van der Waals surface area contributed by atoms with Gasteiger partial charge in [0.2, 0.25) is 10.0 Å². The Morgan fingerprint density at radius 3 is 1.46 bits per heavy atom. The molecule has 0 unspecified atom stereocenters. The average molecular weight is 681 g/mol. The quantitative estimate of drug-likeness (QED) is 0.380. The van der Waals surface area contributed by atoms with E-state index in [0.29, 0.717) is 33.7 Å². The largest absolute Gasteiger partial charge is 0.395 e. The topological polar surface area (TPSA) is 124 Å². The lowest BCUT2D eigenvalue weighted by Gasteiger charge is -2.19. The second kappa shape index (κ2) is 15.6. The summed E-state index contributed by atoms with van der Waals surface area (Å²) in [5, 5.41) is 19.6. The summed E-state index contributed by atoms with van der Waals surface area (Å²) in [6, 6.07) is 6.99. The van der Waals surface area contributed by atoms with Crippen LogP contribution in [0.5, 0.6) is 0 Å². The summed E-state index contributed by atoms with van der Waals surface area (Å²) in [4.78, 5) is 0.522. The van der Waals surface area contributed by atoms with Gasteiger partial charge in [-0.2, -0.15) is 4.31 Å². The number of nitrogens with one attached hydrogen (secondary N) is 1. The summed E-state index contributed by atoms with van der Waals surface area (Å²) in [7, 11) is 1.39. The smallest absolute Gasteiger partial charge is 0.261 e. The van der Waals surface area contributed by atoms with Gasteiger partial charge >= 0.3 is 0 Å². The first-order chi connectivity index (χ1) is 16.0. The molecule has 8 nitrogen and oxygen atoms in total. The van der Waals surface area contributed by atoms with Gasteiger partial charge in [-0.05, 0) is 81.3 Å². The van der Waals surface area contributed by atoms with Gasteiger partial charge < -0.3 is 15.5 Å². The highest BCUT2D eigenvalue weighted by atomic mass is 79.9. The Morgan fingerprint density at radius 2 is 1.20 bits per heavy atom. The van der Waals surface area contributed by atoms with E-state index in [2.05, 4.69) is 37.2 Å². The molecule has 0 heterocycles. The molecule has 2 aromatic carbocycles. The van der Waals surface area contributed by atoms with Crippen LogP contribution in [0.15, 0.2) is 43.0 Å². The van der Waals surface area contributed by atoms with Crippen LogP contribution in [-0.2, 0) is 19.1 Å². The molecular weight excluding hydrogens is 648 g/mol. The fourth-order valence-corrected chi connectivity index (χ4v) is 7.67. The van der Waals surface area contributed by atoms with Gasteiger partial charge in [-0.15, -0.1) is 0 Å². The van der Waals surface area contributed by atoms with E-state index < -0.39 is 19.1 Å². The van der Waals surface area contributed by atoms with Gasteiger partial charge in [0.15, 0.2) is 0 Å². The Balaban J connectivity index is 0.000000567. The van der Waals surface area contributed by atoms with Crippen molar-refractivity contribution < 1.29 is 27.0 Å². The number of aryl methyl sites for hydroxylation is 4. The molecular formula is C22H33Br2ClN2O6S2. The number of aliphatic hydroxyl groups is 2. The summed E-state index contributed by atoms with van der Waals surface area (Å²) >= 11 is 6.61. The van der Waals surface area contributed by atoms with Gasteiger partial charge in [-0.1, -0.05) is 31.9 Å². The van der Waals surface area contributed by atoms with Gasteiger partial charge in [0.1, 0.15) is 0 Å². The zero-order chi connectivity index (χ0) is 27.6. The molecule has 0 saturated carbocycles. The van der Waals surface area contributed by atoms with E-state index in [1.165, 1.54) is 7.05 Å². The molecule has 200 valence electrons. The van der Waals surface area contributed by atoms with Crippen LogP contribution in [0.4, 0.5) is 0 Å². The highest BCUT2D eigenvalue weighted by Crippen LogP contribution is 2.28. The monoisotopic (exact) mass is 678 g/mol. The third-order valence-corrected chi connectivity index (χ3v) is 9.21. The minimum atomic E-state index is -3.63. The molecule has 2 aromatic rings. The van der Waals surface area contributed by atoms with Gasteiger partial charge in [-0.3, -0.25) is 0 Å². The molecule has 0 atom stereocenters. The van der Waals surface area contributed by atoms with Crippen LogP contribution >= 0.6 is 42.5 Å². The predicted octanol–water partition coefficient (Wildman–Crippen LogP) is 3.87. The molecule has 3 N–H and O–H groups in total. The van der Waals surface area contributed by atoms with Gasteiger partial charge in [-0.25, -0.2) is 16.8 Å². The van der Waals surface area contributed by atoms with Gasteiger partial charge in [0.05, 0.1) is 23.0 Å². The van der Waals surface area contributed by atoms with E-state index in [-0.39, 0.29) is 24.7 Å². The lowest BCUT2D eigenvalue weighted by Crippen LogP contribution is -2.30. The minimum Gasteiger partial charge on any atom is -0.395 e. The molecule has 13 heteroatoms. The molecule has 0 bridgehead atoms. The van der Waals surface area contributed by atoms with Crippen molar-refractivity contribution in [1.29, 1.82) is 0 Å². The number of likely N-dealkylation sites (N-methyl/N-ethyl adjacent to an activating group) is 2. The van der Waals surface area contributed by atoms with Crippen LogP contribution in [0.1, 0.15) is 22.3 Å². The van der Waals surface area contributed by atoms with Crippen LogP contribution < -0.4 is 5.32 Å². The number of halogens is 3. The number of rotatable bonds is 7. The third-order valence-electron chi connectivity index (χ3n) is 4.54. The van der Waals surface area contributed by atoms with E-state index >= 15 is 0 Å². The summed E-state index contributed by atoms with van der Waals surface area (Å²) in [6.07, 6.45) is 0. The SMILES string of the molecule is CNCCO.Cc1cc(Br)cc(C)c1S(=O)(=O)Cl.Cc1cc(Br)cc(C)c1S(=O)(=O)N(C)CCO. The number of nitrogens with zero attached hydrogens (tertiary/aromatic N) is 1. The first kappa shape index (κ1) is 34.4. The Kier molecular flexibility index (Phi) is 15.4. The van der Waals surface area contributed by atoms with E-state index in [9.17, 15) is 16.8 Å². The van der Waals surface area contributed by atoms with Crippen molar-refractivity contribution in [3.8, 4) is 0 Å². The Hall–Kier alpha value is -0.570. The normalized spacial score (nSPS) is 11.4. The third kappa shape index (κ3) is 11.1. The zero-order valence-corrected chi connectivity index (χ0v) is 26.1. The second-order valence-corrected chi connectivity index (χ2v) is 13.9. The summed E-state index contributed by atoms with van der Waals surface area (Å²) < 4.78 is 49.7. The Morgan fingerprint density at radius 1 is 0.829 bits per heavy atom. The molecule has 0 aromatic heterocycles. The average Bonchev–Trinajstić information content (AvgIpc) is 2.66. The number of sulfonamides is 1. The predicted molar refractivity (Wildman–Crippen MR) is 148 cm³/mol.